The lowest BCUT2D eigenvalue weighted by Gasteiger charge is -2.38. The Hall–Kier alpha value is -0.610. The molecular formula is C11H22N2O2. The monoisotopic (exact) mass is 214 g/mol. The maximum Gasteiger partial charge on any atom is 0.303 e. The Morgan fingerprint density at radius 2 is 2.33 bits per heavy atom. The molecule has 1 heterocycles. The number of hydrogen-bond donors (Lipinski definition) is 2. The van der Waals surface area contributed by atoms with E-state index in [1.54, 1.807) is 0 Å². The van der Waals surface area contributed by atoms with E-state index in [-0.39, 0.29) is 6.42 Å². The highest BCUT2D eigenvalue weighted by Gasteiger charge is 2.24. The van der Waals surface area contributed by atoms with Crippen molar-refractivity contribution in [1.82, 2.24) is 10.2 Å². The van der Waals surface area contributed by atoms with Gasteiger partial charge in [0.15, 0.2) is 0 Å². The molecule has 0 radical (unpaired) electrons. The van der Waals surface area contributed by atoms with Gasteiger partial charge in [-0.25, -0.2) is 0 Å². The maximum absolute atomic E-state index is 10.5. The van der Waals surface area contributed by atoms with Crippen molar-refractivity contribution in [3.05, 3.63) is 0 Å². The predicted octanol–water partition coefficient (Wildman–Crippen LogP) is 0.924. The fourth-order valence-corrected chi connectivity index (χ4v) is 2.08. The average molecular weight is 214 g/mol. The van der Waals surface area contributed by atoms with Crippen LogP contribution in [0.1, 0.15) is 33.1 Å². The molecule has 4 nitrogen and oxygen atoms in total. The smallest absolute Gasteiger partial charge is 0.303 e. The van der Waals surface area contributed by atoms with Crippen molar-refractivity contribution in [1.29, 1.82) is 0 Å². The number of piperazine rings is 1. The van der Waals surface area contributed by atoms with Crippen LogP contribution in [-0.4, -0.2) is 47.7 Å². The third-order valence-electron chi connectivity index (χ3n) is 3.00. The van der Waals surface area contributed by atoms with Gasteiger partial charge in [-0.15, -0.1) is 0 Å². The van der Waals surface area contributed by atoms with Gasteiger partial charge in [-0.1, -0.05) is 6.92 Å². The highest BCUT2D eigenvalue weighted by Crippen LogP contribution is 2.10. The SMILES string of the molecule is CCCN1CC(CCC(=O)O)NCC1C. The third kappa shape index (κ3) is 4.18. The summed E-state index contributed by atoms with van der Waals surface area (Å²) in [5, 5.41) is 12.0. The Bertz CT molecular complexity index is 209. The molecule has 1 aliphatic rings. The Morgan fingerprint density at radius 1 is 1.60 bits per heavy atom. The second kappa shape index (κ2) is 6.08. The molecule has 0 saturated carbocycles. The Kier molecular flexibility index (Phi) is 5.05. The predicted molar refractivity (Wildman–Crippen MR) is 60.0 cm³/mol. The van der Waals surface area contributed by atoms with Crippen LogP contribution in [0.15, 0.2) is 0 Å². The second-order valence-corrected chi connectivity index (χ2v) is 4.38. The van der Waals surface area contributed by atoms with E-state index >= 15 is 0 Å². The molecule has 2 unspecified atom stereocenters. The number of carbonyl (C=O) groups is 1. The lowest BCUT2D eigenvalue weighted by molar-refractivity contribution is -0.137. The van der Waals surface area contributed by atoms with E-state index in [1.807, 2.05) is 0 Å². The van der Waals surface area contributed by atoms with E-state index in [4.69, 9.17) is 5.11 Å². The molecule has 0 aromatic carbocycles. The van der Waals surface area contributed by atoms with Crippen LogP contribution in [0.3, 0.4) is 0 Å². The van der Waals surface area contributed by atoms with Crippen LogP contribution in [0.25, 0.3) is 0 Å². The Morgan fingerprint density at radius 3 is 2.93 bits per heavy atom. The molecule has 0 bridgehead atoms. The normalized spacial score (nSPS) is 27.9. The number of aliphatic carboxylic acids is 1. The van der Waals surface area contributed by atoms with E-state index in [0.29, 0.717) is 12.1 Å². The van der Waals surface area contributed by atoms with Gasteiger partial charge in [-0.05, 0) is 26.3 Å². The van der Waals surface area contributed by atoms with Crippen LogP contribution in [0.5, 0.6) is 0 Å². The molecule has 1 rings (SSSR count). The molecule has 4 heteroatoms. The van der Waals surface area contributed by atoms with Crippen molar-refractivity contribution in [2.75, 3.05) is 19.6 Å². The van der Waals surface area contributed by atoms with Crippen LogP contribution in [-0.2, 0) is 4.79 Å². The van der Waals surface area contributed by atoms with Gasteiger partial charge in [0.2, 0.25) is 0 Å². The highest BCUT2D eigenvalue weighted by molar-refractivity contribution is 5.66. The summed E-state index contributed by atoms with van der Waals surface area (Å²) in [7, 11) is 0. The first-order chi connectivity index (χ1) is 7.13. The molecule has 88 valence electrons. The molecule has 2 atom stereocenters. The van der Waals surface area contributed by atoms with Crippen molar-refractivity contribution in [2.24, 2.45) is 0 Å². The summed E-state index contributed by atoms with van der Waals surface area (Å²) in [5.74, 6) is -0.697. The quantitative estimate of drug-likeness (QED) is 0.714. The number of hydrogen-bond acceptors (Lipinski definition) is 3. The Labute approximate surface area is 91.6 Å². The molecule has 1 aliphatic heterocycles. The summed E-state index contributed by atoms with van der Waals surface area (Å²) in [5.41, 5.74) is 0. The topological polar surface area (TPSA) is 52.6 Å². The van der Waals surface area contributed by atoms with Crippen molar-refractivity contribution in [3.8, 4) is 0 Å². The first-order valence-corrected chi connectivity index (χ1v) is 5.82. The zero-order chi connectivity index (χ0) is 11.3. The molecule has 0 aromatic rings. The molecule has 0 spiro atoms. The van der Waals surface area contributed by atoms with E-state index in [9.17, 15) is 4.79 Å². The summed E-state index contributed by atoms with van der Waals surface area (Å²) in [6.45, 7) is 7.48. The number of carboxylic acid groups (broad SMARTS) is 1. The van der Waals surface area contributed by atoms with Crippen molar-refractivity contribution in [3.63, 3.8) is 0 Å². The summed E-state index contributed by atoms with van der Waals surface area (Å²) in [6, 6.07) is 0.926. The molecule has 2 N–H and O–H groups in total. The summed E-state index contributed by atoms with van der Waals surface area (Å²) >= 11 is 0. The molecule has 0 aromatic heterocycles. The van der Waals surface area contributed by atoms with Gasteiger partial charge in [-0.3, -0.25) is 9.69 Å². The molecule has 1 saturated heterocycles. The maximum atomic E-state index is 10.5. The minimum Gasteiger partial charge on any atom is -0.481 e. The average Bonchev–Trinajstić information content (AvgIpc) is 2.19. The van der Waals surface area contributed by atoms with Gasteiger partial charge in [0.1, 0.15) is 0 Å². The largest absolute Gasteiger partial charge is 0.481 e. The second-order valence-electron chi connectivity index (χ2n) is 4.38. The van der Waals surface area contributed by atoms with E-state index in [2.05, 4.69) is 24.1 Å². The first kappa shape index (κ1) is 12.5. The van der Waals surface area contributed by atoms with E-state index < -0.39 is 5.97 Å². The number of carboxylic acids is 1. The van der Waals surface area contributed by atoms with Gasteiger partial charge in [0, 0.05) is 31.6 Å². The minimum atomic E-state index is -0.697. The van der Waals surface area contributed by atoms with Crippen LogP contribution in [0, 0.1) is 0 Å². The zero-order valence-electron chi connectivity index (χ0n) is 9.70. The molecule has 15 heavy (non-hydrogen) atoms. The van der Waals surface area contributed by atoms with Crippen molar-refractivity contribution in [2.45, 2.75) is 45.2 Å². The van der Waals surface area contributed by atoms with Crippen LogP contribution >= 0.6 is 0 Å². The molecule has 1 fully saturated rings. The van der Waals surface area contributed by atoms with Gasteiger partial charge < -0.3 is 10.4 Å². The lowest BCUT2D eigenvalue weighted by Crippen LogP contribution is -2.55. The van der Waals surface area contributed by atoms with Crippen molar-refractivity contribution < 1.29 is 9.90 Å². The molecule has 0 aliphatic carbocycles. The van der Waals surface area contributed by atoms with Crippen molar-refractivity contribution >= 4 is 5.97 Å². The van der Waals surface area contributed by atoms with Gasteiger partial charge in [-0.2, -0.15) is 0 Å². The van der Waals surface area contributed by atoms with Gasteiger partial charge in [0.25, 0.3) is 0 Å². The summed E-state index contributed by atoms with van der Waals surface area (Å²) < 4.78 is 0. The molecular weight excluding hydrogens is 192 g/mol. The van der Waals surface area contributed by atoms with Crippen LogP contribution in [0.2, 0.25) is 0 Å². The minimum absolute atomic E-state index is 0.270. The number of rotatable bonds is 5. The number of nitrogens with one attached hydrogen (secondary N) is 1. The van der Waals surface area contributed by atoms with Gasteiger partial charge in [0.05, 0.1) is 0 Å². The third-order valence-corrected chi connectivity index (χ3v) is 3.00. The highest BCUT2D eigenvalue weighted by atomic mass is 16.4. The summed E-state index contributed by atoms with van der Waals surface area (Å²) in [4.78, 5) is 12.9. The van der Waals surface area contributed by atoms with E-state index in [1.165, 1.54) is 0 Å². The van der Waals surface area contributed by atoms with E-state index in [0.717, 1.165) is 32.5 Å². The van der Waals surface area contributed by atoms with Gasteiger partial charge >= 0.3 is 5.97 Å². The lowest BCUT2D eigenvalue weighted by atomic mass is 10.1. The first-order valence-electron chi connectivity index (χ1n) is 5.82. The number of nitrogens with zero attached hydrogens (tertiary/aromatic N) is 1. The standard InChI is InChI=1S/C11H22N2O2/c1-3-6-13-8-10(4-5-11(14)15)12-7-9(13)2/h9-10,12H,3-8H2,1-2H3,(H,14,15). The Balaban J connectivity index is 2.32. The summed E-state index contributed by atoms with van der Waals surface area (Å²) in [6.07, 6.45) is 2.17. The zero-order valence-corrected chi connectivity index (χ0v) is 9.70. The van der Waals surface area contributed by atoms with Crippen LogP contribution in [0.4, 0.5) is 0 Å². The fraction of sp³-hybridized carbons (Fsp3) is 0.909. The van der Waals surface area contributed by atoms with Crippen LogP contribution < -0.4 is 5.32 Å². The fourth-order valence-electron chi connectivity index (χ4n) is 2.08. The molecule has 0 amide bonds.